The molecule has 0 aliphatic rings. The van der Waals surface area contributed by atoms with Crippen molar-refractivity contribution < 1.29 is 0 Å². The highest BCUT2D eigenvalue weighted by atomic mass is 31.1. The second-order valence-corrected chi connectivity index (χ2v) is 24.3. The van der Waals surface area contributed by atoms with E-state index in [2.05, 4.69) is 255 Å². The second-order valence-electron chi connectivity index (χ2n) is 15.2. The highest BCUT2D eigenvalue weighted by molar-refractivity contribution is 7.80. The molecule has 9 aromatic carbocycles. The topological polar surface area (TPSA) is 0 Å². The molecule has 0 bridgehead atoms. The molecule has 9 aromatic rings. The van der Waals surface area contributed by atoms with Crippen LogP contribution < -0.4 is 47.7 Å². The van der Waals surface area contributed by atoms with Crippen molar-refractivity contribution in [2.75, 3.05) is 0 Å². The molecule has 0 saturated heterocycles. The third-order valence-electron chi connectivity index (χ3n) is 11.1. The highest BCUT2D eigenvalue weighted by Crippen LogP contribution is 2.38. The van der Waals surface area contributed by atoms with E-state index in [1.54, 1.807) is 0 Å². The van der Waals surface area contributed by atoms with E-state index in [9.17, 15) is 0 Å². The Morgan fingerprint density at radius 1 is 0.213 bits per heavy atom. The average molecular weight is 854 g/mol. The minimum atomic E-state index is -1.12. The summed E-state index contributed by atoms with van der Waals surface area (Å²) in [5, 5.41) is 12.8. The zero-order chi connectivity index (χ0) is 41.1. The Bertz CT molecular complexity index is 2310. The summed E-state index contributed by atoms with van der Waals surface area (Å²) >= 11 is 0. The SMILES string of the molecule is c1ccc(P(c2ccccc2)c2ccccc2C[Si](Cc2ccccc2P(c2ccccc2)c2ccccc2)Cc2ccccc2P(c2ccccc2)c2ccccc2)cc1. The average Bonchev–Trinajstić information content (AvgIpc) is 3.33. The first-order valence-corrected chi connectivity index (χ1v) is 27.2. The molecule has 0 spiro atoms. The molecule has 0 saturated carbocycles. The van der Waals surface area contributed by atoms with E-state index in [0.717, 1.165) is 18.1 Å². The Morgan fingerprint density at radius 2 is 0.393 bits per heavy atom. The van der Waals surface area contributed by atoms with Crippen molar-refractivity contribution in [3.8, 4) is 0 Å². The Balaban J connectivity index is 1.18. The van der Waals surface area contributed by atoms with Crippen LogP contribution in [-0.4, -0.2) is 8.80 Å². The Hall–Kier alpha value is -5.51. The maximum atomic E-state index is 2.45. The summed E-state index contributed by atoms with van der Waals surface area (Å²) in [6.07, 6.45) is 0. The number of benzene rings is 9. The van der Waals surface area contributed by atoms with Gasteiger partial charge in [0, 0.05) is 0 Å². The van der Waals surface area contributed by atoms with Crippen molar-refractivity contribution in [3.05, 3.63) is 271 Å². The standard InChI is InChI=1S/C57H48P3Si/c1-7-28-49(29-8-1)58(50-30-9-2-10-31-50)55-40-22-19-25-46(55)43-61(44-47-26-20-23-41-56(47)59(51-32-11-3-12-33-51)52-34-13-4-14-35-52)45-48-27-21-24-42-57(48)60(53-36-15-5-16-37-53)54-38-17-6-18-39-54/h1-42H,43-45H2. The predicted molar refractivity (Wildman–Crippen MR) is 272 cm³/mol. The van der Waals surface area contributed by atoms with Gasteiger partial charge in [-0.25, -0.2) is 0 Å². The van der Waals surface area contributed by atoms with Gasteiger partial charge in [0.15, 0.2) is 0 Å². The predicted octanol–water partition coefficient (Wildman–Crippen LogP) is 10.1. The molecule has 61 heavy (non-hydrogen) atoms. The fourth-order valence-electron chi connectivity index (χ4n) is 8.37. The zero-order valence-corrected chi connectivity index (χ0v) is 37.9. The molecule has 0 atom stereocenters. The smallest absolute Gasteiger partial charge is 0.0618 e. The lowest BCUT2D eigenvalue weighted by molar-refractivity contribution is 1.21. The molecule has 0 amide bonds. The molecule has 4 heteroatoms. The molecular weight excluding hydrogens is 806 g/mol. The maximum Gasteiger partial charge on any atom is 0.0618 e. The van der Waals surface area contributed by atoms with Crippen LogP contribution in [0.1, 0.15) is 16.7 Å². The van der Waals surface area contributed by atoms with Gasteiger partial charge in [-0.15, -0.1) is 0 Å². The van der Waals surface area contributed by atoms with Crippen LogP contribution in [0.25, 0.3) is 0 Å². The van der Waals surface area contributed by atoms with Gasteiger partial charge in [-0.1, -0.05) is 255 Å². The molecule has 0 heterocycles. The lowest BCUT2D eigenvalue weighted by atomic mass is 10.2. The molecule has 0 N–H and O–H groups in total. The van der Waals surface area contributed by atoms with Crippen LogP contribution >= 0.6 is 23.8 Å². The van der Waals surface area contributed by atoms with E-state index in [1.165, 1.54) is 64.4 Å². The molecular formula is C57H48P3Si. The Morgan fingerprint density at radius 3 is 0.607 bits per heavy atom. The lowest BCUT2D eigenvalue weighted by Crippen LogP contribution is -2.34. The van der Waals surface area contributed by atoms with Gasteiger partial charge in [-0.05, 0) is 106 Å². The summed E-state index contributed by atoms with van der Waals surface area (Å²) in [7, 11) is -3.37. The normalized spacial score (nSPS) is 11.4. The van der Waals surface area contributed by atoms with Crippen LogP contribution in [0.15, 0.2) is 255 Å². The van der Waals surface area contributed by atoms with Crippen LogP contribution in [0, 0.1) is 0 Å². The fraction of sp³-hybridized carbons (Fsp3) is 0.0526. The third kappa shape index (κ3) is 9.84. The molecule has 0 aromatic heterocycles. The summed E-state index contributed by atoms with van der Waals surface area (Å²) in [4.78, 5) is 0. The number of rotatable bonds is 15. The minimum Gasteiger partial charge on any atom is -0.0622 e. The summed E-state index contributed by atoms with van der Waals surface area (Å²) in [5.74, 6) is 0. The van der Waals surface area contributed by atoms with Crippen LogP contribution in [0.5, 0.6) is 0 Å². The molecule has 0 fully saturated rings. The summed E-state index contributed by atoms with van der Waals surface area (Å²) in [5.41, 5.74) is 4.48. The summed E-state index contributed by atoms with van der Waals surface area (Å²) in [6.45, 7) is 0. The first kappa shape index (κ1) is 40.9. The van der Waals surface area contributed by atoms with Gasteiger partial charge in [0.05, 0.1) is 8.80 Å². The van der Waals surface area contributed by atoms with Gasteiger partial charge < -0.3 is 0 Å². The van der Waals surface area contributed by atoms with E-state index in [4.69, 9.17) is 0 Å². The van der Waals surface area contributed by atoms with Crippen molar-refractivity contribution >= 4 is 80.3 Å². The maximum absolute atomic E-state index is 2.45. The van der Waals surface area contributed by atoms with Crippen LogP contribution in [0.2, 0.25) is 0 Å². The van der Waals surface area contributed by atoms with Crippen molar-refractivity contribution in [1.82, 2.24) is 0 Å². The van der Waals surface area contributed by atoms with Crippen molar-refractivity contribution in [1.29, 1.82) is 0 Å². The Kier molecular flexibility index (Phi) is 13.6. The van der Waals surface area contributed by atoms with Gasteiger partial charge in [-0.3, -0.25) is 0 Å². The van der Waals surface area contributed by atoms with Crippen LogP contribution in [0.4, 0.5) is 0 Å². The van der Waals surface area contributed by atoms with Gasteiger partial charge >= 0.3 is 0 Å². The summed E-state index contributed by atoms with van der Waals surface area (Å²) < 4.78 is 0. The lowest BCUT2D eigenvalue weighted by Gasteiger charge is -2.27. The molecule has 9 rings (SSSR count). The molecule has 0 aliphatic heterocycles. The molecule has 1 radical (unpaired) electrons. The van der Waals surface area contributed by atoms with Crippen molar-refractivity contribution in [2.45, 2.75) is 18.1 Å². The van der Waals surface area contributed by atoms with Gasteiger partial charge in [0.2, 0.25) is 0 Å². The zero-order valence-electron chi connectivity index (χ0n) is 34.2. The monoisotopic (exact) mass is 853 g/mol. The third-order valence-corrected chi connectivity index (χ3v) is 21.4. The summed E-state index contributed by atoms with van der Waals surface area (Å²) in [6, 6.07) is 98.7. The first-order valence-electron chi connectivity index (χ1n) is 21.1. The molecule has 295 valence electrons. The minimum absolute atomic E-state index is 0.747. The van der Waals surface area contributed by atoms with E-state index < -0.39 is 32.6 Å². The van der Waals surface area contributed by atoms with Crippen LogP contribution in [-0.2, 0) is 18.1 Å². The highest BCUT2D eigenvalue weighted by Gasteiger charge is 2.27. The van der Waals surface area contributed by atoms with Crippen molar-refractivity contribution in [2.24, 2.45) is 0 Å². The molecule has 0 unspecified atom stereocenters. The van der Waals surface area contributed by atoms with Crippen LogP contribution in [0.3, 0.4) is 0 Å². The largest absolute Gasteiger partial charge is 0.0622 e. The van der Waals surface area contributed by atoms with Gasteiger partial charge in [-0.2, -0.15) is 0 Å². The van der Waals surface area contributed by atoms with E-state index in [1.807, 2.05) is 0 Å². The van der Waals surface area contributed by atoms with E-state index >= 15 is 0 Å². The van der Waals surface area contributed by atoms with Gasteiger partial charge in [0.1, 0.15) is 0 Å². The number of hydrogen-bond donors (Lipinski definition) is 0. The molecule has 0 nitrogen and oxygen atoms in total. The van der Waals surface area contributed by atoms with Crippen molar-refractivity contribution in [3.63, 3.8) is 0 Å². The second kappa shape index (κ2) is 20.4. The first-order chi connectivity index (χ1) is 30.3. The molecule has 0 aliphatic carbocycles. The number of hydrogen-bond acceptors (Lipinski definition) is 0. The Labute approximate surface area is 367 Å². The van der Waals surface area contributed by atoms with E-state index in [0.29, 0.717) is 0 Å². The fourth-order valence-corrected chi connectivity index (χ4v) is 19.2. The quantitative estimate of drug-likeness (QED) is 0.0712. The van der Waals surface area contributed by atoms with E-state index in [-0.39, 0.29) is 0 Å². The van der Waals surface area contributed by atoms with Gasteiger partial charge in [0.25, 0.3) is 0 Å².